The maximum Gasteiger partial charge on any atom is 0.261 e. The number of hydrogen-bond donors (Lipinski definition) is 3. The number of carbonyl (C=O) groups excluding carboxylic acids is 2. The Morgan fingerprint density at radius 3 is 2.38 bits per heavy atom. The van der Waals surface area contributed by atoms with Crippen molar-refractivity contribution in [2.75, 3.05) is 17.8 Å². The quantitative estimate of drug-likeness (QED) is 0.509. The van der Waals surface area contributed by atoms with E-state index in [0.29, 0.717) is 31.4 Å². The molecule has 0 spiro atoms. The number of piperidine rings is 1. The lowest BCUT2D eigenvalue weighted by Gasteiger charge is -2.32. The van der Waals surface area contributed by atoms with E-state index in [1.165, 1.54) is 37.3 Å². The molecule has 3 aromatic rings. The lowest BCUT2D eigenvalue weighted by Crippen LogP contribution is -2.46. The third kappa shape index (κ3) is 5.09. The summed E-state index contributed by atoms with van der Waals surface area (Å²) < 4.78 is 41.3. The Kier molecular flexibility index (Phi) is 6.38. The van der Waals surface area contributed by atoms with Crippen LogP contribution in [0.1, 0.15) is 30.1 Å². The number of aromatic amines is 1. The lowest BCUT2D eigenvalue weighted by atomic mass is 10.0. The Labute approximate surface area is 195 Å². The fourth-order valence-corrected chi connectivity index (χ4v) is 5.08. The first-order valence-corrected chi connectivity index (χ1v) is 12.1. The summed E-state index contributed by atoms with van der Waals surface area (Å²) in [5.41, 5.74) is 0.116. The molecule has 1 aromatic heterocycles. The SMILES string of the molecule is CC(=O)NC1CCN(C(=O)c2cc(=O)[nH]c3ccc(S(=O)(=O)Nc4ccc(F)cc4)cc23)CC1. The van der Waals surface area contributed by atoms with Gasteiger partial charge in [0.2, 0.25) is 11.5 Å². The molecule has 1 fully saturated rings. The van der Waals surface area contributed by atoms with Crippen molar-refractivity contribution < 1.29 is 22.4 Å². The summed E-state index contributed by atoms with van der Waals surface area (Å²) in [5, 5.41) is 3.13. The summed E-state index contributed by atoms with van der Waals surface area (Å²) in [4.78, 5) is 40.8. The van der Waals surface area contributed by atoms with Crippen LogP contribution in [-0.2, 0) is 14.8 Å². The average molecular weight is 487 g/mol. The van der Waals surface area contributed by atoms with Gasteiger partial charge < -0.3 is 15.2 Å². The number of hydrogen-bond acceptors (Lipinski definition) is 5. The Hall–Kier alpha value is -3.73. The van der Waals surface area contributed by atoms with E-state index in [1.54, 1.807) is 4.90 Å². The zero-order valence-corrected chi connectivity index (χ0v) is 19.1. The lowest BCUT2D eigenvalue weighted by molar-refractivity contribution is -0.119. The van der Waals surface area contributed by atoms with Crippen LogP contribution in [-0.4, -0.2) is 49.2 Å². The van der Waals surface area contributed by atoms with Crippen LogP contribution < -0.4 is 15.6 Å². The molecular weight excluding hydrogens is 463 g/mol. The number of rotatable bonds is 5. The van der Waals surface area contributed by atoms with Gasteiger partial charge in [-0.05, 0) is 55.3 Å². The number of aromatic nitrogens is 1. The Balaban J connectivity index is 1.64. The normalized spacial score (nSPS) is 14.7. The molecule has 3 N–H and O–H groups in total. The van der Waals surface area contributed by atoms with Crippen molar-refractivity contribution in [1.29, 1.82) is 0 Å². The molecule has 11 heteroatoms. The summed E-state index contributed by atoms with van der Waals surface area (Å²) >= 11 is 0. The van der Waals surface area contributed by atoms with Crippen LogP contribution in [0.15, 0.2) is 58.2 Å². The van der Waals surface area contributed by atoms with Crippen molar-refractivity contribution in [3.8, 4) is 0 Å². The summed E-state index contributed by atoms with van der Waals surface area (Å²) in [5.74, 6) is -1.02. The highest BCUT2D eigenvalue weighted by Gasteiger charge is 2.26. The van der Waals surface area contributed by atoms with Crippen molar-refractivity contribution in [3.63, 3.8) is 0 Å². The van der Waals surface area contributed by atoms with Gasteiger partial charge in [-0.3, -0.25) is 19.1 Å². The van der Waals surface area contributed by atoms with Gasteiger partial charge in [0.25, 0.3) is 15.9 Å². The maximum absolute atomic E-state index is 13.3. The molecule has 1 saturated heterocycles. The van der Waals surface area contributed by atoms with E-state index in [2.05, 4.69) is 15.0 Å². The van der Waals surface area contributed by atoms with E-state index in [9.17, 15) is 27.2 Å². The van der Waals surface area contributed by atoms with Gasteiger partial charge in [0.1, 0.15) is 5.82 Å². The molecule has 0 bridgehead atoms. The third-order valence-corrected chi connectivity index (χ3v) is 7.02. The Bertz CT molecular complexity index is 1410. The molecule has 178 valence electrons. The zero-order valence-electron chi connectivity index (χ0n) is 18.3. The number of likely N-dealkylation sites (tertiary alicyclic amines) is 1. The average Bonchev–Trinajstić information content (AvgIpc) is 2.79. The fourth-order valence-electron chi connectivity index (χ4n) is 3.99. The summed E-state index contributed by atoms with van der Waals surface area (Å²) in [6.45, 7) is 2.22. The van der Waals surface area contributed by atoms with Gasteiger partial charge >= 0.3 is 0 Å². The number of fused-ring (bicyclic) bond motifs is 1. The number of anilines is 1. The number of H-pyrrole nitrogens is 1. The highest BCUT2D eigenvalue weighted by Crippen LogP contribution is 2.24. The first-order chi connectivity index (χ1) is 16.1. The van der Waals surface area contributed by atoms with E-state index in [0.717, 1.165) is 18.2 Å². The van der Waals surface area contributed by atoms with E-state index in [-0.39, 0.29) is 33.5 Å². The van der Waals surface area contributed by atoms with E-state index in [4.69, 9.17) is 0 Å². The molecule has 9 nitrogen and oxygen atoms in total. The van der Waals surface area contributed by atoms with E-state index in [1.807, 2.05) is 0 Å². The number of pyridine rings is 1. The van der Waals surface area contributed by atoms with Gasteiger partial charge in [-0.25, -0.2) is 12.8 Å². The van der Waals surface area contributed by atoms with Crippen molar-refractivity contribution in [2.45, 2.75) is 30.7 Å². The predicted molar refractivity (Wildman–Crippen MR) is 125 cm³/mol. The summed E-state index contributed by atoms with van der Waals surface area (Å²) in [6.07, 6.45) is 1.15. The monoisotopic (exact) mass is 486 g/mol. The summed E-state index contributed by atoms with van der Waals surface area (Å²) in [6, 6.07) is 10.1. The van der Waals surface area contributed by atoms with Gasteiger partial charge in [-0.1, -0.05) is 0 Å². The molecule has 1 aliphatic heterocycles. The number of benzene rings is 2. The second kappa shape index (κ2) is 9.26. The molecule has 2 heterocycles. The third-order valence-electron chi connectivity index (χ3n) is 5.64. The van der Waals surface area contributed by atoms with Gasteiger partial charge in [-0.15, -0.1) is 0 Å². The highest BCUT2D eigenvalue weighted by molar-refractivity contribution is 7.92. The number of amides is 2. The zero-order chi connectivity index (χ0) is 24.5. The molecule has 2 amide bonds. The molecule has 4 rings (SSSR count). The molecule has 0 unspecified atom stereocenters. The van der Waals surface area contributed by atoms with Crippen LogP contribution in [0.25, 0.3) is 10.9 Å². The van der Waals surface area contributed by atoms with Crippen LogP contribution in [0.5, 0.6) is 0 Å². The van der Waals surface area contributed by atoms with Crippen LogP contribution >= 0.6 is 0 Å². The van der Waals surface area contributed by atoms with Crippen molar-refractivity contribution >= 4 is 38.4 Å². The van der Waals surface area contributed by atoms with Crippen LogP contribution in [0.4, 0.5) is 10.1 Å². The van der Waals surface area contributed by atoms with E-state index < -0.39 is 27.3 Å². The maximum atomic E-state index is 13.3. The van der Waals surface area contributed by atoms with Gasteiger partial charge in [0, 0.05) is 48.7 Å². The Morgan fingerprint density at radius 2 is 1.74 bits per heavy atom. The second-order valence-electron chi connectivity index (χ2n) is 8.13. The first-order valence-electron chi connectivity index (χ1n) is 10.6. The number of halogens is 1. The number of sulfonamides is 1. The smallest absolute Gasteiger partial charge is 0.261 e. The van der Waals surface area contributed by atoms with Crippen molar-refractivity contribution in [2.24, 2.45) is 0 Å². The number of nitrogens with zero attached hydrogens (tertiary/aromatic N) is 1. The van der Waals surface area contributed by atoms with Gasteiger partial charge in [0.05, 0.1) is 10.5 Å². The van der Waals surface area contributed by atoms with Gasteiger partial charge in [0.15, 0.2) is 0 Å². The van der Waals surface area contributed by atoms with Crippen molar-refractivity contribution in [3.05, 3.63) is 70.3 Å². The molecule has 0 radical (unpaired) electrons. The molecule has 2 aromatic carbocycles. The van der Waals surface area contributed by atoms with Crippen molar-refractivity contribution in [1.82, 2.24) is 15.2 Å². The minimum absolute atomic E-state index is 0.0215. The predicted octanol–water partition coefficient (Wildman–Crippen LogP) is 2.21. The standard InChI is InChI=1S/C23H23FN4O5S/c1-14(29)25-16-8-10-28(11-9-16)23(31)20-13-22(30)26-21-7-6-18(12-19(20)21)34(32,33)27-17-4-2-15(24)3-5-17/h2-7,12-13,16,27H,8-11H2,1H3,(H,25,29)(H,26,30). The summed E-state index contributed by atoms with van der Waals surface area (Å²) in [7, 11) is -4.04. The number of carbonyl (C=O) groups is 2. The minimum Gasteiger partial charge on any atom is -0.353 e. The molecule has 0 saturated carbocycles. The molecule has 0 atom stereocenters. The fraction of sp³-hybridized carbons (Fsp3) is 0.261. The topological polar surface area (TPSA) is 128 Å². The largest absolute Gasteiger partial charge is 0.353 e. The number of nitrogens with one attached hydrogen (secondary N) is 3. The molecule has 1 aliphatic rings. The first kappa shape index (κ1) is 23.4. The molecule has 34 heavy (non-hydrogen) atoms. The second-order valence-corrected chi connectivity index (χ2v) is 9.82. The van der Waals surface area contributed by atoms with Crippen LogP contribution in [0.2, 0.25) is 0 Å². The van der Waals surface area contributed by atoms with Gasteiger partial charge in [-0.2, -0.15) is 0 Å². The van der Waals surface area contributed by atoms with Crippen LogP contribution in [0.3, 0.4) is 0 Å². The Morgan fingerprint density at radius 1 is 1.06 bits per heavy atom. The molecular formula is C23H23FN4O5S. The van der Waals surface area contributed by atoms with E-state index >= 15 is 0 Å². The van der Waals surface area contributed by atoms with Crippen LogP contribution in [0, 0.1) is 5.82 Å². The highest BCUT2D eigenvalue weighted by atomic mass is 32.2. The molecule has 0 aliphatic carbocycles. The minimum atomic E-state index is -4.04.